The van der Waals surface area contributed by atoms with E-state index >= 15 is 0 Å². The van der Waals surface area contributed by atoms with Gasteiger partial charge >= 0.3 is 7.12 Å². The van der Waals surface area contributed by atoms with Crippen LogP contribution in [0.25, 0.3) is 0 Å². The van der Waals surface area contributed by atoms with Crippen LogP contribution < -0.4 is 0 Å². The average molecular weight is 222 g/mol. The molecule has 2 nitrogen and oxygen atoms in total. The number of rotatable bonds is 1. The Morgan fingerprint density at radius 3 is 2.19 bits per heavy atom. The van der Waals surface area contributed by atoms with Crippen molar-refractivity contribution in [2.24, 2.45) is 5.92 Å². The van der Waals surface area contributed by atoms with Gasteiger partial charge in [0, 0.05) is 0 Å². The minimum atomic E-state index is -0.207. The molecule has 0 aromatic heterocycles. The van der Waals surface area contributed by atoms with E-state index in [1.165, 1.54) is 18.3 Å². The summed E-state index contributed by atoms with van der Waals surface area (Å²) in [5.74, 6) is 0.811. The highest BCUT2D eigenvalue weighted by Gasteiger charge is 2.52. The Morgan fingerprint density at radius 1 is 1.19 bits per heavy atom. The fourth-order valence-electron chi connectivity index (χ4n) is 2.19. The van der Waals surface area contributed by atoms with Gasteiger partial charge in [0.05, 0.1) is 11.2 Å². The van der Waals surface area contributed by atoms with E-state index in [-0.39, 0.29) is 18.3 Å². The van der Waals surface area contributed by atoms with Gasteiger partial charge in [-0.2, -0.15) is 0 Å². The molecule has 0 N–H and O–H groups in total. The second kappa shape index (κ2) is 3.88. The van der Waals surface area contributed by atoms with Gasteiger partial charge in [-0.25, -0.2) is 0 Å². The Balaban J connectivity index is 2.09. The van der Waals surface area contributed by atoms with Gasteiger partial charge in [-0.1, -0.05) is 13.0 Å². The summed E-state index contributed by atoms with van der Waals surface area (Å²) in [4.78, 5) is 0. The normalized spacial score (nSPS) is 32.7. The maximum absolute atomic E-state index is 6.05. The molecule has 2 aliphatic rings. The first kappa shape index (κ1) is 12.2. The van der Waals surface area contributed by atoms with E-state index in [2.05, 4.69) is 40.7 Å². The zero-order chi connectivity index (χ0) is 12.0. The van der Waals surface area contributed by atoms with E-state index < -0.39 is 0 Å². The Bertz CT molecular complexity index is 291. The van der Waals surface area contributed by atoms with Crippen LogP contribution in [0.3, 0.4) is 0 Å². The zero-order valence-electron chi connectivity index (χ0n) is 11.2. The van der Waals surface area contributed by atoms with Crippen molar-refractivity contribution in [1.29, 1.82) is 0 Å². The molecule has 1 aliphatic heterocycles. The highest BCUT2D eigenvalue weighted by atomic mass is 16.7. The average Bonchev–Trinajstić information content (AvgIpc) is 2.37. The lowest BCUT2D eigenvalue weighted by Crippen LogP contribution is -2.41. The van der Waals surface area contributed by atoms with Crippen molar-refractivity contribution in [3.05, 3.63) is 11.5 Å². The van der Waals surface area contributed by atoms with Gasteiger partial charge < -0.3 is 9.31 Å². The Labute approximate surface area is 99.5 Å². The van der Waals surface area contributed by atoms with Crippen LogP contribution >= 0.6 is 0 Å². The van der Waals surface area contributed by atoms with Crippen molar-refractivity contribution in [1.82, 2.24) is 0 Å². The summed E-state index contributed by atoms with van der Waals surface area (Å²) in [7, 11) is -0.113. The van der Waals surface area contributed by atoms with Crippen molar-refractivity contribution >= 4 is 7.12 Å². The van der Waals surface area contributed by atoms with Crippen LogP contribution in [0.1, 0.15) is 53.9 Å². The van der Waals surface area contributed by atoms with Crippen LogP contribution in [-0.4, -0.2) is 18.3 Å². The first-order valence-electron chi connectivity index (χ1n) is 6.36. The third kappa shape index (κ3) is 2.08. The van der Waals surface area contributed by atoms with Crippen LogP contribution in [0.2, 0.25) is 0 Å². The molecular weight excluding hydrogens is 199 g/mol. The Hall–Kier alpha value is -0.275. The quantitative estimate of drug-likeness (QED) is 0.633. The van der Waals surface area contributed by atoms with Crippen LogP contribution in [0, 0.1) is 5.92 Å². The van der Waals surface area contributed by atoms with E-state index in [1.54, 1.807) is 0 Å². The lowest BCUT2D eigenvalue weighted by atomic mass is 9.71. The van der Waals surface area contributed by atoms with Crippen LogP contribution in [-0.2, 0) is 9.31 Å². The predicted molar refractivity (Wildman–Crippen MR) is 67.2 cm³/mol. The van der Waals surface area contributed by atoms with Crippen LogP contribution in [0.4, 0.5) is 0 Å². The molecular formula is C13H23BO2. The van der Waals surface area contributed by atoms with Gasteiger partial charge in [-0.15, -0.1) is 0 Å². The molecule has 0 saturated carbocycles. The minimum absolute atomic E-state index is 0.113. The van der Waals surface area contributed by atoms with Crippen molar-refractivity contribution in [3.8, 4) is 0 Å². The topological polar surface area (TPSA) is 18.5 Å². The summed E-state index contributed by atoms with van der Waals surface area (Å²) >= 11 is 0. The van der Waals surface area contributed by atoms with Gasteiger partial charge in [-0.05, 0) is 58.3 Å². The van der Waals surface area contributed by atoms with Crippen molar-refractivity contribution < 1.29 is 9.31 Å². The van der Waals surface area contributed by atoms with Crippen molar-refractivity contribution in [3.63, 3.8) is 0 Å². The second-order valence-electron chi connectivity index (χ2n) is 6.25. The lowest BCUT2D eigenvalue weighted by Gasteiger charge is -2.32. The molecule has 1 atom stereocenters. The SMILES string of the molecule is C[C@H]1CC=C(B2OC(C)(C)C(C)(C)O2)CC1. The maximum Gasteiger partial charge on any atom is 0.490 e. The Kier molecular flexibility index (Phi) is 2.96. The summed E-state index contributed by atoms with van der Waals surface area (Å²) in [5, 5.41) is 0. The van der Waals surface area contributed by atoms with Crippen LogP contribution in [0.15, 0.2) is 11.5 Å². The first-order chi connectivity index (χ1) is 7.32. The summed E-state index contributed by atoms with van der Waals surface area (Å²) in [6.45, 7) is 10.7. The third-order valence-electron chi connectivity index (χ3n) is 4.26. The largest absolute Gasteiger partial charge is 0.490 e. The third-order valence-corrected chi connectivity index (χ3v) is 4.26. The summed E-state index contributed by atoms with van der Waals surface area (Å²) in [6, 6.07) is 0. The summed E-state index contributed by atoms with van der Waals surface area (Å²) < 4.78 is 12.1. The van der Waals surface area contributed by atoms with E-state index in [0.29, 0.717) is 0 Å². The molecule has 16 heavy (non-hydrogen) atoms. The fourth-order valence-corrected chi connectivity index (χ4v) is 2.19. The fraction of sp³-hybridized carbons (Fsp3) is 0.846. The number of hydrogen-bond acceptors (Lipinski definition) is 2. The van der Waals surface area contributed by atoms with E-state index in [9.17, 15) is 0 Å². The monoisotopic (exact) mass is 222 g/mol. The molecule has 0 radical (unpaired) electrons. The molecule has 0 amide bonds. The highest BCUT2D eigenvalue weighted by Crippen LogP contribution is 2.40. The number of hydrogen-bond donors (Lipinski definition) is 0. The molecule has 1 fully saturated rings. The molecule has 0 unspecified atom stereocenters. The first-order valence-corrected chi connectivity index (χ1v) is 6.36. The van der Waals surface area contributed by atoms with Gasteiger partial charge in [-0.3, -0.25) is 0 Å². The molecule has 3 heteroatoms. The van der Waals surface area contributed by atoms with E-state index in [0.717, 1.165) is 12.3 Å². The molecule has 0 spiro atoms. The second-order valence-corrected chi connectivity index (χ2v) is 6.25. The van der Waals surface area contributed by atoms with Gasteiger partial charge in [0.2, 0.25) is 0 Å². The van der Waals surface area contributed by atoms with Gasteiger partial charge in [0.25, 0.3) is 0 Å². The molecule has 1 heterocycles. The Morgan fingerprint density at radius 2 is 1.75 bits per heavy atom. The molecule has 0 bridgehead atoms. The molecule has 0 aromatic carbocycles. The van der Waals surface area contributed by atoms with Crippen LogP contribution in [0.5, 0.6) is 0 Å². The standard InChI is InChI=1S/C13H23BO2/c1-10-6-8-11(9-7-10)14-15-12(2,3)13(4,5)16-14/h8,10H,6-7,9H2,1-5H3/t10-/m0/s1. The molecule has 1 saturated heterocycles. The molecule has 90 valence electrons. The molecule has 0 aromatic rings. The van der Waals surface area contributed by atoms with E-state index in [1.807, 2.05) is 0 Å². The zero-order valence-corrected chi connectivity index (χ0v) is 11.2. The van der Waals surface area contributed by atoms with Gasteiger partial charge in [0.15, 0.2) is 0 Å². The highest BCUT2D eigenvalue weighted by molar-refractivity contribution is 6.54. The van der Waals surface area contributed by atoms with Crippen molar-refractivity contribution in [2.45, 2.75) is 65.1 Å². The molecule has 1 aliphatic carbocycles. The maximum atomic E-state index is 6.05. The predicted octanol–water partition coefficient (Wildman–Crippen LogP) is 3.36. The van der Waals surface area contributed by atoms with E-state index in [4.69, 9.17) is 9.31 Å². The summed E-state index contributed by atoms with van der Waals surface area (Å²) in [5.41, 5.74) is 0.931. The smallest absolute Gasteiger partial charge is 0.400 e. The van der Waals surface area contributed by atoms with Crippen molar-refractivity contribution in [2.75, 3.05) is 0 Å². The minimum Gasteiger partial charge on any atom is -0.400 e. The number of allylic oxidation sites excluding steroid dienone is 2. The lowest BCUT2D eigenvalue weighted by molar-refractivity contribution is 0.00578. The summed E-state index contributed by atoms with van der Waals surface area (Å²) in [6.07, 6.45) is 5.86. The van der Waals surface area contributed by atoms with Gasteiger partial charge in [0.1, 0.15) is 0 Å². The molecule has 2 rings (SSSR count).